The molecule has 0 heteroatoms. The zero-order valence-corrected chi connectivity index (χ0v) is 9.90. The van der Waals surface area contributed by atoms with Gasteiger partial charge in [0.2, 0.25) is 0 Å². The minimum absolute atomic E-state index is 1.22. The molecule has 0 nitrogen and oxygen atoms in total. The topological polar surface area (TPSA) is 0 Å². The lowest BCUT2D eigenvalue weighted by molar-refractivity contribution is 1.50. The Labute approximate surface area is 101 Å². The van der Waals surface area contributed by atoms with Crippen molar-refractivity contribution in [3.63, 3.8) is 0 Å². The van der Waals surface area contributed by atoms with Crippen LogP contribution in [-0.4, -0.2) is 0 Å². The fraction of sp³-hybridized carbons (Fsp3) is 0.0588. The molecule has 0 amide bonds. The van der Waals surface area contributed by atoms with Gasteiger partial charge in [-0.3, -0.25) is 0 Å². The quantitative estimate of drug-likeness (QED) is 0.507. The summed E-state index contributed by atoms with van der Waals surface area (Å²) in [5.74, 6) is 0. The van der Waals surface area contributed by atoms with Crippen LogP contribution >= 0.6 is 0 Å². The van der Waals surface area contributed by atoms with E-state index in [-0.39, 0.29) is 0 Å². The molecule has 0 spiro atoms. The van der Waals surface area contributed by atoms with Crippen molar-refractivity contribution in [2.45, 2.75) is 6.92 Å². The van der Waals surface area contributed by atoms with Gasteiger partial charge in [0.15, 0.2) is 0 Å². The maximum absolute atomic E-state index is 3.86. The SMILES string of the molecule is C=Cc1ccc2c(ccc3ccccc32)c1C. The molecule has 17 heavy (non-hydrogen) atoms. The molecule has 3 aromatic carbocycles. The largest absolute Gasteiger partial charge is 0.0985 e. The van der Waals surface area contributed by atoms with Gasteiger partial charge in [0.05, 0.1) is 0 Å². The van der Waals surface area contributed by atoms with Gasteiger partial charge in [0, 0.05) is 0 Å². The van der Waals surface area contributed by atoms with E-state index in [0.29, 0.717) is 0 Å². The second-order valence-electron chi connectivity index (χ2n) is 4.37. The minimum Gasteiger partial charge on any atom is -0.0985 e. The predicted molar refractivity (Wildman–Crippen MR) is 76.3 cm³/mol. The molecule has 3 aromatic rings. The smallest absolute Gasteiger partial charge is 0.0102 e. The highest BCUT2D eigenvalue weighted by Gasteiger charge is 2.04. The molecule has 0 aliphatic heterocycles. The molecule has 0 aromatic heterocycles. The maximum atomic E-state index is 3.86. The molecule has 0 N–H and O–H groups in total. The zero-order chi connectivity index (χ0) is 11.8. The summed E-state index contributed by atoms with van der Waals surface area (Å²) in [5.41, 5.74) is 2.52. The first-order valence-electron chi connectivity index (χ1n) is 5.85. The Bertz CT molecular complexity index is 721. The molecular formula is C17H14. The van der Waals surface area contributed by atoms with Crippen molar-refractivity contribution in [2.24, 2.45) is 0 Å². The van der Waals surface area contributed by atoms with Crippen LogP contribution < -0.4 is 0 Å². The van der Waals surface area contributed by atoms with Crippen LogP contribution in [0.15, 0.2) is 55.1 Å². The van der Waals surface area contributed by atoms with Gasteiger partial charge < -0.3 is 0 Å². The number of aryl methyl sites for hydroxylation is 1. The standard InChI is InChI=1S/C17H14/c1-3-13-8-11-17-15(12(13)2)10-9-14-6-4-5-7-16(14)17/h3-11H,1H2,2H3. The molecule has 0 radical (unpaired) electrons. The molecular weight excluding hydrogens is 204 g/mol. The van der Waals surface area contributed by atoms with Crippen molar-refractivity contribution >= 4 is 27.6 Å². The van der Waals surface area contributed by atoms with Crippen molar-refractivity contribution < 1.29 is 0 Å². The molecule has 0 unspecified atom stereocenters. The first kappa shape index (κ1) is 10.1. The first-order chi connectivity index (χ1) is 8.31. The molecule has 0 atom stereocenters. The van der Waals surface area contributed by atoms with E-state index in [9.17, 15) is 0 Å². The summed E-state index contributed by atoms with van der Waals surface area (Å²) < 4.78 is 0. The monoisotopic (exact) mass is 218 g/mol. The van der Waals surface area contributed by atoms with Crippen LogP contribution in [0.2, 0.25) is 0 Å². The highest BCUT2D eigenvalue weighted by atomic mass is 14.1. The normalized spacial score (nSPS) is 10.9. The average molecular weight is 218 g/mol. The molecule has 0 fully saturated rings. The van der Waals surface area contributed by atoms with Crippen LogP contribution in [0.3, 0.4) is 0 Å². The Morgan fingerprint density at radius 2 is 1.59 bits per heavy atom. The Morgan fingerprint density at radius 3 is 2.41 bits per heavy atom. The highest BCUT2D eigenvalue weighted by Crippen LogP contribution is 2.29. The summed E-state index contributed by atoms with van der Waals surface area (Å²) in [6.07, 6.45) is 1.92. The number of hydrogen-bond acceptors (Lipinski definition) is 0. The summed E-state index contributed by atoms with van der Waals surface area (Å²) in [6.45, 7) is 6.02. The fourth-order valence-corrected chi connectivity index (χ4v) is 2.48. The molecule has 0 bridgehead atoms. The van der Waals surface area contributed by atoms with Gasteiger partial charge in [-0.1, -0.05) is 61.2 Å². The number of rotatable bonds is 1. The average Bonchev–Trinajstić information content (AvgIpc) is 2.39. The molecule has 0 aliphatic rings. The summed E-state index contributed by atoms with van der Waals surface area (Å²) in [4.78, 5) is 0. The van der Waals surface area contributed by atoms with Crippen LogP contribution in [-0.2, 0) is 0 Å². The van der Waals surface area contributed by atoms with Gasteiger partial charge in [0.1, 0.15) is 0 Å². The lowest BCUT2D eigenvalue weighted by Crippen LogP contribution is -1.85. The van der Waals surface area contributed by atoms with Crippen LogP contribution in [0, 0.1) is 6.92 Å². The van der Waals surface area contributed by atoms with Crippen LogP contribution in [0.1, 0.15) is 11.1 Å². The lowest BCUT2D eigenvalue weighted by atomic mass is 9.96. The molecule has 0 saturated heterocycles. The third kappa shape index (κ3) is 1.45. The van der Waals surface area contributed by atoms with E-state index in [0.717, 1.165) is 0 Å². The molecule has 0 heterocycles. The van der Waals surface area contributed by atoms with Gasteiger partial charge >= 0.3 is 0 Å². The summed E-state index contributed by atoms with van der Waals surface area (Å²) in [5, 5.41) is 5.27. The third-order valence-electron chi connectivity index (χ3n) is 3.46. The van der Waals surface area contributed by atoms with E-state index in [1.807, 2.05) is 6.08 Å². The Morgan fingerprint density at radius 1 is 0.824 bits per heavy atom. The van der Waals surface area contributed by atoms with Crippen molar-refractivity contribution in [3.05, 3.63) is 66.2 Å². The predicted octanol–water partition coefficient (Wildman–Crippen LogP) is 4.94. The van der Waals surface area contributed by atoms with Gasteiger partial charge in [-0.2, -0.15) is 0 Å². The van der Waals surface area contributed by atoms with E-state index >= 15 is 0 Å². The maximum Gasteiger partial charge on any atom is -0.0102 e. The van der Waals surface area contributed by atoms with E-state index < -0.39 is 0 Å². The van der Waals surface area contributed by atoms with E-state index in [1.54, 1.807) is 0 Å². The fourth-order valence-electron chi connectivity index (χ4n) is 2.48. The number of hydrogen-bond donors (Lipinski definition) is 0. The number of fused-ring (bicyclic) bond motifs is 3. The molecule has 0 aliphatic carbocycles. The molecule has 82 valence electrons. The van der Waals surface area contributed by atoms with Crippen molar-refractivity contribution in [1.29, 1.82) is 0 Å². The summed E-state index contributed by atoms with van der Waals surface area (Å²) in [7, 11) is 0. The summed E-state index contributed by atoms with van der Waals surface area (Å²) in [6, 6.07) is 17.3. The van der Waals surface area contributed by atoms with Crippen LogP contribution in [0.4, 0.5) is 0 Å². The van der Waals surface area contributed by atoms with E-state index in [1.165, 1.54) is 32.7 Å². The zero-order valence-electron chi connectivity index (χ0n) is 9.90. The minimum atomic E-state index is 1.22. The first-order valence-corrected chi connectivity index (χ1v) is 5.85. The Balaban J connectivity index is 2.53. The highest BCUT2D eigenvalue weighted by molar-refractivity contribution is 6.09. The van der Waals surface area contributed by atoms with Gasteiger partial charge in [-0.05, 0) is 39.6 Å². The lowest BCUT2D eigenvalue weighted by Gasteiger charge is -2.08. The number of benzene rings is 3. The Kier molecular flexibility index (Phi) is 2.22. The van der Waals surface area contributed by atoms with Gasteiger partial charge in [-0.15, -0.1) is 0 Å². The third-order valence-corrected chi connectivity index (χ3v) is 3.46. The second kappa shape index (κ2) is 3.74. The van der Waals surface area contributed by atoms with E-state index in [4.69, 9.17) is 0 Å². The van der Waals surface area contributed by atoms with E-state index in [2.05, 4.69) is 62.0 Å². The summed E-state index contributed by atoms with van der Waals surface area (Å²) >= 11 is 0. The Hall–Kier alpha value is -2.08. The molecule has 0 saturated carbocycles. The van der Waals surface area contributed by atoms with Gasteiger partial charge in [0.25, 0.3) is 0 Å². The van der Waals surface area contributed by atoms with Crippen molar-refractivity contribution in [1.82, 2.24) is 0 Å². The molecule has 3 rings (SSSR count). The van der Waals surface area contributed by atoms with Crippen molar-refractivity contribution in [2.75, 3.05) is 0 Å². The van der Waals surface area contributed by atoms with Crippen molar-refractivity contribution in [3.8, 4) is 0 Å². The van der Waals surface area contributed by atoms with Crippen LogP contribution in [0.5, 0.6) is 0 Å². The van der Waals surface area contributed by atoms with Gasteiger partial charge in [-0.25, -0.2) is 0 Å². The second-order valence-corrected chi connectivity index (χ2v) is 4.37. The van der Waals surface area contributed by atoms with Crippen LogP contribution in [0.25, 0.3) is 27.6 Å².